The number of morpholine rings is 1. The van der Waals surface area contributed by atoms with Gasteiger partial charge in [0, 0.05) is 43.6 Å². The fraction of sp³-hybridized carbons (Fsp3) is 0.682. The second kappa shape index (κ2) is 9.67. The lowest BCUT2D eigenvalue weighted by molar-refractivity contribution is 0.0153. The van der Waals surface area contributed by atoms with Gasteiger partial charge in [0.15, 0.2) is 5.82 Å². The molecule has 2 saturated heterocycles. The van der Waals surface area contributed by atoms with Gasteiger partial charge < -0.3 is 19.3 Å². The van der Waals surface area contributed by atoms with Crippen LogP contribution in [0.3, 0.4) is 0 Å². The quantitative estimate of drug-likeness (QED) is 0.611. The maximum absolute atomic E-state index is 12.3. The van der Waals surface area contributed by atoms with Crippen LogP contribution >= 0.6 is 22.9 Å². The molecule has 32 heavy (non-hydrogen) atoms. The molecule has 2 aliphatic heterocycles. The minimum Gasteiger partial charge on any atom is -0.444 e. The van der Waals surface area contributed by atoms with Crippen molar-refractivity contribution in [2.75, 3.05) is 51.3 Å². The highest BCUT2D eigenvalue weighted by molar-refractivity contribution is 7.19. The monoisotopic (exact) mass is 481 g/mol. The zero-order chi connectivity index (χ0) is 22.9. The molecule has 0 bridgehead atoms. The second-order valence-corrected chi connectivity index (χ2v) is 10.9. The van der Waals surface area contributed by atoms with Gasteiger partial charge in [-0.15, -0.1) is 11.3 Å². The molecular formula is C22H32ClN5O3S. The molecule has 4 heterocycles. The van der Waals surface area contributed by atoms with Crippen molar-refractivity contribution in [3.05, 3.63) is 16.2 Å². The van der Waals surface area contributed by atoms with Crippen LogP contribution in [-0.2, 0) is 16.0 Å². The molecule has 8 nitrogen and oxygen atoms in total. The number of likely N-dealkylation sites (tertiary alicyclic amines) is 1. The first-order valence-corrected chi connectivity index (χ1v) is 12.4. The van der Waals surface area contributed by atoms with Crippen LogP contribution in [0.5, 0.6) is 0 Å². The number of anilines is 1. The molecule has 0 unspecified atom stereocenters. The van der Waals surface area contributed by atoms with E-state index in [1.807, 2.05) is 25.7 Å². The summed E-state index contributed by atoms with van der Waals surface area (Å²) < 4.78 is 12.1. The number of rotatable bonds is 4. The number of hydrogen-bond acceptors (Lipinski definition) is 8. The third-order valence-electron chi connectivity index (χ3n) is 5.83. The Morgan fingerprint density at radius 3 is 2.59 bits per heavy atom. The first kappa shape index (κ1) is 23.5. The summed E-state index contributed by atoms with van der Waals surface area (Å²) in [5, 5.41) is 0.284. The topological polar surface area (TPSA) is 71.0 Å². The third-order valence-corrected chi connectivity index (χ3v) is 7.11. The van der Waals surface area contributed by atoms with E-state index >= 15 is 0 Å². The molecule has 10 heteroatoms. The molecular weight excluding hydrogens is 450 g/mol. The number of ether oxygens (including phenoxy) is 2. The number of halogens is 1. The minimum absolute atomic E-state index is 0.214. The van der Waals surface area contributed by atoms with E-state index in [1.54, 1.807) is 11.3 Å². The van der Waals surface area contributed by atoms with Crippen molar-refractivity contribution in [3.8, 4) is 0 Å². The van der Waals surface area contributed by atoms with E-state index in [-0.39, 0.29) is 11.4 Å². The molecule has 0 saturated carbocycles. The van der Waals surface area contributed by atoms with Crippen molar-refractivity contribution in [1.29, 1.82) is 0 Å². The van der Waals surface area contributed by atoms with E-state index < -0.39 is 5.60 Å². The molecule has 176 valence electrons. The number of aromatic nitrogens is 2. The number of amides is 1. The van der Waals surface area contributed by atoms with Crippen LogP contribution < -0.4 is 4.90 Å². The fourth-order valence-corrected chi connectivity index (χ4v) is 5.54. The minimum atomic E-state index is -0.461. The molecule has 1 amide bonds. The van der Waals surface area contributed by atoms with Gasteiger partial charge in [0.1, 0.15) is 5.60 Å². The molecule has 2 aromatic rings. The Bertz CT molecular complexity index is 949. The maximum atomic E-state index is 12.3. The van der Waals surface area contributed by atoms with Crippen LogP contribution in [0.15, 0.2) is 6.07 Å². The summed E-state index contributed by atoms with van der Waals surface area (Å²) in [6, 6.07) is 2.55. The number of thiophene rings is 1. The Hall–Kier alpha value is -1.68. The van der Waals surface area contributed by atoms with E-state index in [4.69, 9.17) is 21.1 Å². The average Bonchev–Trinajstić information content (AvgIpc) is 3.14. The lowest BCUT2D eigenvalue weighted by Gasteiger charge is -2.37. The smallest absolute Gasteiger partial charge is 0.410 e. The summed E-state index contributed by atoms with van der Waals surface area (Å²) in [6.07, 6.45) is 1.66. The van der Waals surface area contributed by atoms with Crippen LogP contribution in [0.2, 0.25) is 5.28 Å². The fourth-order valence-electron chi connectivity index (χ4n) is 4.19. The van der Waals surface area contributed by atoms with Gasteiger partial charge in [-0.05, 0) is 58.3 Å². The van der Waals surface area contributed by atoms with Crippen LogP contribution in [-0.4, -0.2) is 83.9 Å². The Kier molecular flexibility index (Phi) is 7.09. The normalized spacial score (nSPS) is 18.6. The molecule has 0 spiro atoms. The molecule has 2 fully saturated rings. The largest absolute Gasteiger partial charge is 0.444 e. The van der Waals surface area contributed by atoms with Gasteiger partial charge in [-0.1, -0.05) is 0 Å². The van der Waals surface area contributed by atoms with Crippen molar-refractivity contribution in [3.63, 3.8) is 0 Å². The van der Waals surface area contributed by atoms with Crippen LogP contribution in [0.1, 0.15) is 38.5 Å². The van der Waals surface area contributed by atoms with Crippen molar-refractivity contribution in [2.24, 2.45) is 0 Å². The number of hydrogen-bond donors (Lipinski definition) is 0. The highest BCUT2D eigenvalue weighted by atomic mass is 35.5. The summed E-state index contributed by atoms with van der Waals surface area (Å²) >= 11 is 7.97. The summed E-state index contributed by atoms with van der Waals surface area (Å²) in [6.45, 7) is 11.0. The maximum Gasteiger partial charge on any atom is 0.410 e. The number of carbonyl (C=O) groups is 1. The molecule has 0 aliphatic carbocycles. The first-order valence-electron chi connectivity index (χ1n) is 11.2. The summed E-state index contributed by atoms with van der Waals surface area (Å²) in [4.78, 5) is 29.0. The standard InChI is InChI=1S/C22H32ClN5O3S/c1-22(2,3)31-21(29)28-7-5-15(6-8-28)26(4)14-16-13-17-18(32-16)19(25-20(23)24-17)27-9-11-30-12-10-27/h13,15H,5-12,14H2,1-4H3. The van der Waals surface area contributed by atoms with Crippen LogP contribution in [0.4, 0.5) is 10.6 Å². The molecule has 4 rings (SSSR count). The zero-order valence-corrected chi connectivity index (χ0v) is 20.8. The highest BCUT2D eigenvalue weighted by Gasteiger charge is 2.29. The second-order valence-electron chi connectivity index (χ2n) is 9.46. The Labute approximate surface area is 198 Å². The van der Waals surface area contributed by atoms with Crippen molar-refractivity contribution < 1.29 is 14.3 Å². The van der Waals surface area contributed by atoms with Gasteiger partial charge >= 0.3 is 6.09 Å². The SMILES string of the molecule is CN(Cc1cc2nc(Cl)nc(N3CCOCC3)c2s1)C1CCN(C(=O)OC(C)(C)C)CC1. The van der Waals surface area contributed by atoms with E-state index in [0.29, 0.717) is 19.3 Å². The van der Waals surface area contributed by atoms with Crippen LogP contribution in [0.25, 0.3) is 10.2 Å². The van der Waals surface area contributed by atoms with E-state index in [0.717, 1.165) is 61.6 Å². The van der Waals surface area contributed by atoms with Gasteiger partial charge in [0.05, 0.1) is 23.4 Å². The molecule has 2 aromatic heterocycles. The number of piperidine rings is 1. The van der Waals surface area contributed by atoms with Gasteiger partial charge in [0.2, 0.25) is 5.28 Å². The van der Waals surface area contributed by atoms with Gasteiger partial charge in [-0.25, -0.2) is 9.78 Å². The third kappa shape index (κ3) is 5.62. The number of fused-ring (bicyclic) bond motifs is 1. The Morgan fingerprint density at radius 2 is 1.94 bits per heavy atom. The highest BCUT2D eigenvalue weighted by Crippen LogP contribution is 2.34. The molecule has 0 aromatic carbocycles. The zero-order valence-electron chi connectivity index (χ0n) is 19.3. The van der Waals surface area contributed by atoms with E-state index in [9.17, 15) is 4.79 Å². The predicted octanol–water partition coefficient (Wildman–Crippen LogP) is 4.01. The lowest BCUT2D eigenvalue weighted by Crippen LogP contribution is -2.46. The van der Waals surface area contributed by atoms with Gasteiger partial charge in [-0.2, -0.15) is 4.98 Å². The lowest BCUT2D eigenvalue weighted by atomic mass is 10.0. The van der Waals surface area contributed by atoms with Gasteiger partial charge in [0.25, 0.3) is 0 Å². The van der Waals surface area contributed by atoms with Gasteiger partial charge in [-0.3, -0.25) is 4.90 Å². The van der Waals surface area contributed by atoms with Crippen molar-refractivity contribution >= 4 is 45.1 Å². The molecule has 0 radical (unpaired) electrons. The molecule has 2 aliphatic rings. The first-order chi connectivity index (χ1) is 15.2. The Morgan fingerprint density at radius 1 is 1.25 bits per heavy atom. The van der Waals surface area contributed by atoms with Crippen molar-refractivity contribution in [2.45, 2.75) is 51.8 Å². The van der Waals surface area contributed by atoms with Crippen LogP contribution in [0, 0.1) is 0 Å². The summed E-state index contributed by atoms with van der Waals surface area (Å²) in [5.74, 6) is 0.910. The predicted molar refractivity (Wildman–Crippen MR) is 128 cm³/mol. The number of carbonyl (C=O) groups excluding carboxylic acids is 1. The molecule has 0 atom stereocenters. The van der Waals surface area contributed by atoms with E-state index in [1.165, 1.54) is 4.88 Å². The summed E-state index contributed by atoms with van der Waals surface area (Å²) in [7, 11) is 2.15. The van der Waals surface area contributed by atoms with E-state index in [2.05, 4.69) is 32.9 Å². The Balaban J connectivity index is 1.40. The summed E-state index contributed by atoms with van der Waals surface area (Å²) in [5.41, 5.74) is 0.442. The molecule has 0 N–H and O–H groups in total. The number of nitrogens with zero attached hydrogens (tertiary/aromatic N) is 5. The average molecular weight is 482 g/mol. The van der Waals surface area contributed by atoms with Crippen molar-refractivity contribution in [1.82, 2.24) is 19.8 Å².